The number of ether oxygens (including phenoxy) is 1. The van der Waals surface area contributed by atoms with Gasteiger partial charge in [-0.15, -0.1) is 0 Å². The third kappa shape index (κ3) is 3.50. The fourth-order valence-electron chi connectivity index (χ4n) is 1.41. The van der Waals surface area contributed by atoms with Crippen molar-refractivity contribution in [2.45, 2.75) is 25.4 Å². The van der Waals surface area contributed by atoms with E-state index in [4.69, 9.17) is 14.9 Å². The molecule has 0 aromatic carbocycles. The summed E-state index contributed by atoms with van der Waals surface area (Å²) in [5, 5.41) is 27.1. The minimum Gasteiger partial charge on any atom is -0.394 e. The highest BCUT2D eigenvalue weighted by molar-refractivity contribution is 4.83. The lowest BCUT2D eigenvalue weighted by atomic mass is 10.2. The Balaban J connectivity index is 2.84. The Hall–Kier alpha value is -1.48. The van der Waals surface area contributed by atoms with E-state index in [-0.39, 0.29) is 0 Å². The first-order valence-corrected chi connectivity index (χ1v) is 5.36. The maximum atomic E-state index is 11.4. The topological polar surface area (TPSA) is 125 Å². The van der Waals surface area contributed by atoms with Crippen molar-refractivity contribution in [3.8, 4) is 0 Å². The molecule has 1 heterocycles. The molecule has 0 fully saturated rings. The molecule has 1 aromatic heterocycles. The van der Waals surface area contributed by atoms with Crippen LogP contribution in [0.1, 0.15) is 13.2 Å². The molecule has 1 aromatic rings. The van der Waals surface area contributed by atoms with Crippen molar-refractivity contribution in [1.29, 1.82) is 0 Å². The summed E-state index contributed by atoms with van der Waals surface area (Å²) < 4.78 is 6.33. The minimum absolute atomic E-state index is 0.510. The molecule has 0 aliphatic heterocycles. The molecule has 0 aliphatic carbocycles. The second kappa shape index (κ2) is 6.45. The van der Waals surface area contributed by atoms with Crippen molar-refractivity contribution >= 4 is 0 Å². The maximum Gasteiger partial charge on any atom is 0.330 e. The molecule has 18 heavy (non-hydrogen) atoms. The third-order valence-corrected chi connectivity index (χ3v) is 2.41. The van der Waals surface area contributed by atoms with Crippen molar-refractivity contribution in [3.05, 3.63) is 33.1 Å². The van der Waals surface area contributed by atoms with Crippen LogP contribution in [0.25, 0.3) is 0 Å². The van der Waals surface area contributed by atoms with E-state index in [1.165, 1.54) is 13.1 Å². The van der Waals surface area contributed by atoms with E-state index in [0.29, 0.717) is 0 Å². The van der Waals surface area contributed by atoms with E-state index in [9.17, 15) is 14.7 Å². The molecule has 8 nitrogen and oxygen atoms in total. The summed E-state index contributed by atoms with van der Waals surface area (Å²) >= 11 is 0. The second-order valence-electron chi connectivity index (χ2n) is 3.72. The van der Waals surface area contributed by atoms with Gasteiger partial charge in [0.2, 0.25) is 0 Å². The smallest absolute Gasteiger partial charge is 0.330 e. The van der Waals surface area contributed by atoms with Crippen LogP contribution in [-0.4, -0.2) is 50.3 Å². The summed E-state index contributed by atoms with van der Waals surface area (Å²) in [6.45, 7) is 0.426. The highest BCUT2D eigenvalue weighted by atomic mass is 16.5. The summed E-state index contributed by atoms with van der Waals surface area (Å²) in [4.78, 5) is 24.4. The molecule has 4 N–H and O–H groups in total. The fourth-order valence-corrected chi connectivity index (χ4v) is 1.41. The molecule has 3 atom stereocenters. The van der Waals surface area contributed by atoms with Crippen molar-refractivity contribution in [2.75, 3.05) is 13.2 Å². The van der Waals surface area contributed by atoms with E-state index >= 15 is 0 Å². The highest BCUT2D eigenvalue weighted by Crippen LogP contribution is 2.10. The van der Waals surface area contributed by atoms with Crippen LogP contribution in [0.3, 0.4) is 0 Å². The first-order valence-electron chi connectivity index (χ1n) is 5.36. The molecule has 0 radical (unpaired) electrons. The summed E-state index contributed by atoms with van der Waals surface area (Å²) in [7, 11) is 0. The van der Waals surface area contributed by atoms with Crippen LogP contribution >= 0.6 is 0 Å². The molecule has 1 rings (SSSR count). The number of rotatable bonds is 6. The van der Waals surface area contributed by atoms with E-state index in [2.05, 4.69) is 4.98 Å². The number of nitrogens with zero attached hydrogens (tertiary/aromatic N) is 1. The molecular weight excluding hydrogens is 244 g/mol. The molecule has 0 saturated carbocycles. The minimum atomic E-state index is -1.25. The van der Waals surface area contributed by atoms with Crippen LogP contribution in [0, 0.1) is 0 Å². The molecular formula is C10H16N2O6. The lowest BCUT2D eigenvalue weighted by Gasteiger charge is -2.24. The second-order valence-corrected chi connectivity index (χ2v) is 3.72. The monoisotopic (exact) mass is 260 g/mol. The zero-order valence-corrected chi connectivity index (χ0v) is 9.81. The number of hydrogen-bond donors (Lipinski definition) is 4. The number of aromatic amines is 1. The van der Waals surface area contributed by atoms with Gasteiger partial charge in [0.1, 0.15) is 18.4 Å². The van der Waals surface area contributed by atoms with Crippen LogP contribution in [0.5, 0.6) is 0 Å². The zero-order chi connectivity index (χ0) is 13.7. The lowest BCUT2D eigenvalue weighted by molar-refractivity contribution is -0.127. The van der Waals surface area contributed by atoms with Crippen molar-refractivity contribution in [2.24, 2.45) is 0 Å². The average molecular weight is 260 g/mol. The van der Waals surface area contributed by atoms with Crippen LogP contribution in [0.15, 0.2) is 21.9 Å². The number of nitrogens with one attached hydrogen (secondary N) is 1. The van der Waals surface area contributed by atoms with Gasteiger partial charge >= 0.3 is 5.69 Å². The van der Waals surface area contributed by atoms with Crippen molar-refractivity contribution in [1.82, 2.24) is 9.55 Å². The van der Waals surface area contributed by atoms with Crippen molar-refractivity contribution in [3.63, 3.8) is 0 Å². The van der Waals surface area contributed by atoms with Gasteiger partial charge in [0.25, 0.3) is 5.56 Å². The van der Waals surface area contributed by atoms with Gasteiger partial charge in [0, 0.05) is 12.3 Å². The average Bonchev–Trinajstić information content (AvgIpc) is 2.34. The summed E-state index contributed by atoms with van der Waals surface area (Å²) in [5.74, 6) is 0. The Bertz CT molecular complexity index is 482. The molecule has 102 valence electrons. The summed E-state index contributed by atoms with van der Waals surface area (Å²) in [5.41, 5.74) is -1.19. The molecule has 0 aliphatic rings. The number of aliphatic hydroxyl groups excluding tert-OH is 3. The van der Waals surface area contributed by atoms with Gasteiger partial charge in [-0.25, -0.2) is 4.79 Å². The standard InChI is InChI=1S/C10H16N2O6/c1-6(18-8(5-14)7(15)4-13)12-3-2-9(16)11-10(12)17/h2-3,6-8,13-15H,4-5H2,1H3,(H,11,16,17)/t6?,7-,8-/m1/s1. The van der Waals surface area contributed by atoms with Gasteiger partial charge < -0.3 is 20.1 Å². The Morgan fingerprint density at radius 1 is 1.39 bits per heavy atom. The maximum absolute atomic E-state index is 11.4. The fraction of sp³-hybridized carbons (Fsp3) is 0.600. The predicted octanol–water partition coefficient (Wildman–Crippen LogP) is -2.21. The quantitative estimate of drug-likeness (QED) is 0.459. The SMILES string of the molecule is CC(O[C@H](CO)[C@H](O)CO)n1ccc(=O)[nH]c1=O. The number of aliphatic hydroxyl groups is 3. The number of aromatic nitrogens is 2. The Morgan fingerprint density at radius 3 is 2.56 bits per heavy atom. The largest absolute Gasteiger partial charge is 0.394 e. The van der Waals surface area contributed by atoms with Crippen molar-refractivity contribution < 1.29 is 20.1 Å². The molecule has 0 bridgehead atoms. The van der Waals surface area contributed by atoms with Gasteiger partial charge in [-0.2, -0.15) is 0 Å². The number of hydrogen-bond acceptors (Lipinski definition) is 6. The van der Waals surface area contributed by atoms with Gasteiger partial charge in [-0.3, -0.25) is 14.3 Å². The summed E-state index contributed by atoms with van der Waals surface area (Å²) in [6, 6.07) is 1.15. The van der Waals surface area contributed by atoms with E-state index < -0.39 is 42.9 Å². The molecule has 0 amide bonds. The Labute approximate surface area is 102 Å². The van der Waals surface area contributed by atoms with Gasteiger partial charge in [0.15, 0.2) is 0 Å². The van der Waals surface area contributed by atoms with Crippen LogP contribution in [-0.2, 0) is 4.74 Å². The van der Waals surface area contributed by atoms with Gasteiger partial charge in [-0.05, 0) is 6.92 Å². The molecule has 1 unspecified atom stereocenters. The Morgan fingerprint density at radius 2 is 2.06 bits per heavy atom. The van der Waals surface area contributed by atoms with Crippen LogP contribution in [0.4, 0.5) is 0 Å². The summed E-state index contributed by atoms with van der Waals surface area (Å²) in [6.07, 6.45) is -1.85. The highest BCUT2D eigenvalue weighted by Gasteiger charge is 2.21. The van der Waals surface area contributed by atoms with E-state index in [1.54, 1.807) is 0 Å². The normalized spacial score (nSPS) is 16.2. The first-order chi connectivity index (χ1) is 8.49. The Kier molecular flexibility index (Phi) is 5.23. The number of H-pyrrole nitrogens is 1. The van der Waals surface area contributed by atoms with E-state index in [0.717, 1.165) is 10.6 Å². The van der Waals surface area contributed by atoms with E-state index in [1.807, 2.05) is 0 Å². The lowest BCUT2D eigenvalue weighted by Crippen LogP contribution is -2.39. The molecule has 0 spiro atoms. The molecule has 0 saturated heterocycles. The van der Waals surface area contributed by atoms with Crippen LogP contribution in [0.2, 0.25) is 0 Å². The molecule has 8 heteroatoms. The first kappa shape index (κ1) is 14.6. The predicted molar refractivity (Wildman–Crippen MR) is 61.1 cm³/mol. The van der Waals surface area contributed by atoms with Gasteiger partial charge in [-0.1, -0.05) is 0 Å². The van der Waals surface area contributed by atoms with Gasteiger partial charge in [0.05, 0.1) is 13.2 Å². The zero-order valence-electron chi connectivity index (χ0n) is 9.81. The third-order valence-electron chi connectivity index (χ3n) is 2.41. The van der Waals surface area contributed by atoms with Crippen LogP contribution < -0.4 is 11.2 Å².